The van der Waals surface area contributed by atoms with Crippen molar-refractivity contribution in [1.29, 1.82) is 0 Å². The van der Waals surface area contributed by atoms with Gasteiger partial charge in [-0.3, -0.25) is 22.3 Å². The average molecular weight is 398 g/mol. The largest absolute Gasteiger partial charge is 1.00 e. The first kappa shape index (κ1) is 16.4. The molecule has 0 aliphatic heterocycles. The molecule has 20 heavy (non-hydrogen) atoms. The van der Waals surface area contributed by atoms with Crippen molar-refractivity contribution in [3.8, 4) is 22.3 Å². The van der Waals surface area contributed by atoms with Crippen LogP contribution in [-0.4, -0.2) is 11.7 Å². The number of halogens is 2. The first-order valence-electron chi connectivity index (χ1n) is 5.64. The Labute approximate surface area is 137 Å². The van der Waals surface area contributed by atoms with E-state index in [-0.39, 0.29) is 34.0 Å². The standard InChI is InChI=1S/C14H12N4.2BrH/c15-13(16)9-5-1-3-7-8-4-2-6-10(14(17)18)12(8)11(7)9;;/h1-6H,(H3,15,16)(H3,17,18);2*1H. The van der Waals surface area contributed by atoms with Crippen molar-refractivity contribution in [2.75, 3.05) is 0 Å². The lowest BCUT2D eigenvalue weighted by molar-refractivity contribution is -0.115. The summed E-state index contributed by atoms with van der Waals surface area (Å²) in [6, 6.07) is 11.8. The number of rotatable bonds is 2. The molecule has 0 amide bonds. The van der Waals surface area contributed by atoms with Crippen molar-refractivity contribution >= 4 is 11.7 Å². The van der Waals surface area contributed by atoms with Gasteiger partial charge in [-0.2, -0.15) is 0 Å². The van der Waals surface area contributed by atoms with E-state index in [1.165, 1.54) is 0 Å². The van der Waals surface area contributed by atoms with Crippen molar-refractivity contribution in [2.45, 2.75) is 0 Å². The van der Waals surface area contributed by atoms with Crippen LogP contribution in [0.1, 0.15) is 11.1 Å². The summed E-state index contributed by atoms with van der Waals surface area (Å²) in [5, 5.41) is 11.5. The molecule has 0 fully saturated rings. The number of hydrogen-bond donors (Lipinski definition) is 4. The van der Waals surface area contributed by atoms with Crippen LogP contribution >= 0.6 is 0 Å². The molecule has 0 atom stereocenters. The predicted octanol–water partition coefficient (Wildman–Crippen LogP) is -7.73. The molecule has 8 N–H and O–H groups in total. The lowest BCUT2D eigenvalue weighted by Gasteiger charge is -2.26. The van der Waals surface area contributed by atoms with E-state index in [2.05, 4.69) is 0 Å². The van der Waals surface area contributed by atoms with Gasteiger partial charge in [-0.25, -0.2) is 0 Å². The smallest absolute Gasteiger partial charge is 0.271 e. The summed E-state index contributed by atoms with van der Waals surface area (Å²) in [6.45, 7) is 0. The first-order valence-corrected chi connectivity index (χ1v) is 5.64. The summed E-state index contributed by atoms with van der Waals surface area (Å²) < 4.78 is 0. The highest BCUT2D eigenvalue weighted by Crippen LogP contribution is 2.50. The fraction of sp³-hybridized carbons (Fsp3) is 0. The zero-order valence-electron chi connectivity index (χ0n) is 10.5. The Morgan fingerprint density at radius 2 is 1.05 bits per heavy atom. The van der Waals surface area contributed by atoms with E-state index in [0.29, 0.717) is 11.7 Å². The third-order valence-electron chi connectivity index (χ3n) is 3.29. The minimum absolute atomic E-state index is 0. The van der Waals surface area contributed by atoms with Crippen molar-refractivity contribution in [1.82, 2.24) is 0 Å². The maximum atomic E-state index is 5.73. The minimum atomic E-state index is 0. The molecule has 1 aliphatic rings. The van der Waals surface area contributed by atoms with Crippen LogP contribution in [0.15, 0.2) is 36.4 Å². The molecule has 4 nitrogen and oxygen atoms in total. The highest BCUT2D eigenvalue weighted by Gasteiger charge is 2.31. The Kier molecular flexibility index (Phi) is 4.73. The molecule has 0 saturated heterocycles. The monoisotopic (exact) mass is 396 g/mol. The second-order valence-electron chi connectivity index (χ2n) is 4.37. The fourth-order valence-corrected chi connectivity index (χ4v) is 2.51. The zero-order chi connectivity index (χ0) is 12.9. The molecular formula is C14H14Br2N4. The van der Waals surface area contributed by atoms with E-state index in [9.17, 15) is 0 Å². The highest BCUT2D eigenvalue weighted by atomic mass is 79.9. The van der Waals surface area contributed by atoms with Crippen LogP contribution in [0.5, 0.6) is 0 Å². The maximum absolute atomic E-state index is 5.73. The van der Waals surface area contributed by atoms with Gasteiger partial charge in [0.05, 0.1) is 11.1 Å². The van der Waals surface area contributed by atoms with E-state index >= 15 is 0 Å². The van der Waals surface area contributed by atoms with Crippen LogP contribution in [0.4, 0.5) is 0 Å². The van der Waals surface area contributed by atoms with E-state index in [1.54, 1.807) is 0 Å². The first-order chi connectivity index (χ1) is 8.61. The Balaban J connectivity index is 0.000001000. The van der Waals surface area contributed by atoms with Crippen LogP contribution in [0.3, 0.4) is 0 Å². The Morgan fingerprint density at radius 1 is 0.700 bits per heavy atom. The topological polar surface area (TPSA) is 103 Å². The third-order valence-corrected chi connectivity index (χ3v) is 3.29. The Bertz CT molecular complexity index is 649. The van der Waals surface area contributed by atoms with Crippen LogP contribution < -0.4 is 56.2 Å². The SMILES string of the molecule is NC(=[NH2+])c1cccc2c1-c1c(C(N)=[NH2+])cccc1-2.[Br-].[Br-]. The van der Waals surface area contributed by atoms with Crippen LogP contribution in [0, 0.1) is 0 Å². The van der Waals surface area contributed by atoms with Crippen LogP contribution in [0.25, 0.3) is 22.3 Å². The van der Waals surface area contributed by atoms with Crippen molar-refractivity contribution in [2.24, 2.45) is 11.5 Å². The van der Waals surface area contributed by atoms with Crippen molar-refractivity contribution in [3.05, 3.63) is 47.5 Å². The summed E-state index contributed by atoms with van der Waals surface area (Å²) in [5.41, 5.74) is 17.5. The lowest BCUT2D eigenvalue weighted by Crippen LogP contribution is -3.00. The normalized spacial score (nSPS) is 10.0. The van der Waals surface area contributed by atoms with E-state index < -0.39 is 0 Å². The molecule has 2 aromatic rings. The second kappa shape index (κ2) is 5.76. The molecule has 0 spiro atoms. The maximum Gasteiger partial charge on any atom is 0.271 e. The lowest BCUT2D eigenvalue weighted by atomic mass is 9.75. The van der Waals surface area contributed by atoms with Crippen LogP contribution in [0.2, 0.25) is 0 Å². The van der Waals surface area contributed by atoms with Gasteiger partial charge in [0.15, 0.2) is 0 Å². The summed E-state index contributed by atoms with van der Waals surface area (Å²) >= 11 is 0. The van der Waals surface area contributed by atoms with Gasteiger partial charge in [0.2, 0.25) is 0 Å². The summed E-state index contributed by atoms with van der Waals surface area (Å²) in [7, 11) is 0. The number of benzene rings is 2. The molecule has 2 aromatic carbocycles. The molecular weight excluding hydrogens is 384 g/mol. The molecule has 3 rings (SSSR count). The van der Waals surface area contributed by atoms with Crippen molar-refractivity contribution < 1.29 is 44.8 Å². The van der Waals surface area contributed by atoms with Gasteiger partial charge < -0.3 is 34.0 Å². The molecule has 0 aromatic heterocycles. The summed E-state index contributed by atoms with van der Waals surface area (Å²) in [4.78, 5) is 0. The molecule has 1 aliphatic carbocycles. The van der Waals surface area contributed by atoms with Gasteiger partial charge in [0, 0.05) is 11.1 Å². The van der Waals surface area contributed by atoms with Gasteiger partial charge in [-0.15, -0.1) is 0 Å². The number of nitrogens with two attached hydrogens (primary N) is 4. The molecule has 0 unspecified atom stereocenters. The van der Waals surface area contributed by atoms with E-state index in [4.69, 9.17) is 22.3 Å². The second-order valence-corrected chi connectivity index (χ2v) is 4.37. The Morgan fingerprint density at radius 3 is 1.35 bits per heavy atom. The molecule has 104 valence electrons. The highest BCUT2D eigenvalue weighted by molar-refractivity contribution is 6.17. The predicted molar refractivity (Wildman–Crippen MR) is 71.3 cm³/mol. The van der Waals surface area contributed by atoms with E-state index in [1.807, 2.05) is 36.4 Å². The summed E-state index contributed by atoms with van der Waals surface area (Å²) in [5.74, 6) is 0.616. The fourth-order valence-electron chi connectivity index (χ4n) is 2.51. The molecule has 6 heteroatoms. The number of hydrogen-bond acceptors (Lipinski definition) is 0. The van der Waals surface area contributed by atoms with Crippen molar-refractivity contribution in [3.63, 3.8) is 0 Å². The minimum Gasteiger partial charge on any atom is -1.00 e. The van der Waals surface area contributed by atoms with Gasteiger partial charge in [0.25, 0.3) is 11.7 Å². The van der Waals surface area contributed by atoms with Gasteiger partial charge >= 0.3 is 0 Å². The molecule has 0 bridgehead atoms. The average Bonchev–Trinajstić information content (AvgIpc) is 2.33. The third kappa shape index (κ3) is 2.14. The van der Waals surface area contributed by atoms with Crippen LogP contribution in [-0.2, 0) is 0 Å². The quantitative estimate of drug-likeness (QED) is 0.255. The van der Waals surface area contributed by atoms with E-state index in [0.717, 1.165) is 33.4 Å². The van der Waals surface area contributed by atoms with Gasteiger partial charge in [-0.1, -0.05) is 24.3 Å². The Hall–Kier alpha value is -1.66. The molecule has 0 heterocycles. The number of amidine groups is 2. The summed E-state index contributed by atoms with van der Waals surface area (Å²) in [6.07, 6.45) is 0. The molecule has 0 radical (unpaired) electrons. The zero-order valence-corrected chi connectivity index (χ0v) is 13.7. The van der Waals surface area contributed by atoms with Gasteiger partial charge in [-0.05, 0) is 23.3 Å². The molecule has 0 saturated carbocycles. The van der Waals surface area contributed by atoms with Gasteiger partial charge in [0.1, 0.15) is 0 Å². The number of fused-ring (bicyclic) bond motifs is 4.